The summed E-state index contributed by atoms with van der Waals surface area (Å²) in [6, 6.07) is 0. The maximum Gasteiger partial charge on any atom is 0.338 e. The Kier molecular flexibility index (Phi) is 3.71. The van der Waals surface area contributed by atoms with Gasteiger partial charge in [-0.1, -0.05) is 6.08 Å². The monoisotopic (exact) mass is 130 g/mol. The van der Waals surface area contributed by atoms with Crippen molar-refractivity contribution in [2.45, 2.75) is 13.0 Å². The fourth-order valence-electron chi connectivity index (χ4n) is 0.382. The van der Waals surface area contributed by atoms with Crippen molar-refractivity contribution in [1.82, 2.24) is 0 Å². The molecular formula is C6H10O3. The van der Waals surface area contributed by atoms with E-state index in [-0.39, 0.29) is 0 Å². The zero-order chi connectivity index (χ0) is 7.28. The fraction of sp³-hybridized carbons (Fsp3) is 0.500. The molecule has 0 aliphatic heterocycles. The van der Waals surface area contributed by atoms with Crippen molar-refractivity contribution in [3.8, 4) is 0 Å². The van der Waals surface area contributed by atoms with Gasteiger partial charge in [0.2, 0.25) is 0 Å². The third kappa shape index (κ3) is 2.87. The summed E-state index contributed by atoms with van der Waals surface area (Å²) in [5.41, 5.74) is 0. The summed E-state index contributed by atoms with van der Waals surface area (Å²) >= 11 is 0. The van der Waals surface area contributed by atoms with Crippen molar-refractivity contribution < 1.29 is 14.6 Å². The zero-order valence-corrected chi connectivity index (χ0v) is 5.50. The van der Waals surface area contributed by atoms with Gasteiger partial charge in [0, 0.05) is 0 Å². The van der Waals surface area contributed by atoms with Gasteiger partial charge in [-0.3, -0.25) is 0 Å². The lowest BCUT2D eigenvalue weighted by atomic mass is 10.3. The number of hydrogen-bond donors (Lipinski definition) is 1. The van der Waals surface area contributed by atoms with Gasteiger partial charge in [-0.05, 0) is 13.0 Å². The van der Waals surface area contributed by atoms with Crippen molar-refractivity contribution in [2.75, 3.05) is 7.11 Å². The van der Waals surface area contributed by atoms with E-state index in [4.69, 9.17) is 5.11 Å². The van der Waals surface area contributed by atoms with Gasteiger partial charge in [-0.2, -0.15) is 0 Å². The number of methoxy groups -OCH3 is 1. The van der Waals surface area contributed by atoms with E-state index in [2.05, 4.69) is 4.74 Å². The number of aliphatic hydroxyl groups excluding tert-OH is 1. The maximum absolute atomic E-state index is 10.4. The molecule has 3 heteroatoms. The molecule has 1 unspecified atom stereocenters. The average Bonchev–Trinajstić information content (AvgIpc) is 1.87. The molecule has 0 spiro atoms. The number of carbonyl (C=O) groups is 1. The molecule has 9 heavy (non-hydrogen) atoms. The number of esters is 1. The first-order valence-electron chi connectivity index (χ1n) is 2.61. The van der Waals surface area contributed by atoms with Gasteiger partial charge in [0.05, 0.1) is 7.11 Å². The first-order chi connectivity index (χ1) is 4.22. The number of carbonyl (C=O) groups excluding carboxylic acids is 1. The minimum atomic E-state index is -1.11. The minimum absolute atomic E-state index is 0.631. The van der Waals surface area contributed by atoms with Gasteiger partial charge in [0.15, 0.2) is 6.10 Å². The molecule has 1 N–H and O–H groups in total. The quantitative estimate of drug-likeness (QED) is 0.426. The summed E-state index contributed by atoms with van der Waals surface area (Å²) in [6.45, 7) is 1.71. The Morgan fingerprint density at radius 3 is 2.67 bits per heavy atom. The highest BCUT2D eigenvalue weighted by Crippen LogP contribution is 1.87. The van der Waals surface area contributed by atoms with E-state index in [9.17, 15) is 4.79 Å². The van der Waals surface area contributed by atoms with Gasteiger partial charge in [0.25, 0.3) is 0 Å². The fourth-order valence-corrected chi connectivity index (χ4v) is 0.382. The molecule has 0 aliphatic carbocycles. The Balaban J connectivity index is 3.72. The van der Waals surface area contributed by atoms with E-state index < -0.39 is 12.1 Å². The molecule has 3 nitrogen and oxygen atoms in total. The summed E-state index contributed by atoms with van der Waals surface area (Å²) in [5, 5.41) is 8.76. The molecular weight excluding hydrogens is 120 g/mol. The van der Waals surface area contributed by atoms with Crippen LogP contribution in [0.1, 0.15) is 6.92 Å². The predicted octanol–water partition coefficient (Wildman–Crippen LogP) is 0.0964. The Bertz CT molecular complexity index is 117. The lowest BCUT2D eigenvalue weighted by Crippen LogP contribution is -2.18. The van der Waals surface area contributed by atoms with Crippen LogP contribution in [0.3, 0.4) is 0 Å². The van der Waals surface area contributed by atoms with Crippen LogP contribution < -0.4 is 0 Å². The van der Waals surface area contributed by atoms with Crippen LogP contribution in [0.5, 0.6) is 0 Å². The standard InChI is InChI=1S/C6H10O3/c1-3-4-5(7)6(8)9-2/h3-5,7H,1-2H3/b4-3+. The smallest absolute Gasteiger partial charge is 0.338 e. The Morgan fingerprint density at radius 2 is 2.33 bits per heavy atom. The van der Waals surface area contributed by atoms with Gasteiger partial charge < -0.3 is 9.84 Å². The van der Waals surface area contributed by atoms with Crippen LogP contribution in [0.25, 0.3) is 0 Å². The molecule has 0 aromatic heterocycles. The topological polar surface area (TPSA) is 46.5 Å². The van der Waals surface area contributed by atoms with Crippen molar-refractivity contribution in [3.05, 3.63) is 12.2 Å². The van der Waals surface area contributed by atoms with E-state index in [1.165, 1.54) is 13.2 Å². The first kappa shape index (κ1) is 8.17. The van der Waals surface area contributed by atoms with Gasteiger partial charge in [-0.25, -0.2) is 4.79 Å². The molecule has 0 aromatic rings. The Morgan fingerprint density at radius 1 is 1.78 bits per heavy atom. The summed E-state index contributed by atoms with van der Waals surface area (Å²) in [7, 11) is 1.23. The lowest BCUT2D eigenvalue weighted by molar-refractivity contribution is -0.147. The van der Waals surface area contributed by atoms with Crippen LogP contribution in [0, 0.1) is 0 Å². The predicted molar refractivity (Wildman–Crippen MR) is 32.8 cm³/mol. The highest BCUT2D eigenvalue weighted by Gasteiger charge is 2.08. The molecule has 0 saturated heterocycles. The van der Waals surface area contributed by atoms with Crippen LogP contribution in [-0.2, 0) is 9.53 Å². The summed E-state index contributed by atoms with van der Waals surface area (Å²) in [6.07, 6.45) is 1.83. The molecule has 0 aromatic carbocycles. The van der Waals surface area contributed by atoms with Gasteiger partial charge in [0.1, 0.15) is 0 Å². The highest BCUT2D eigenvalue weighted by atomic mass is 16.5. The van der Waals surface area contributed by atoms with Crippen LogP contribution in [0.4, 0.5) is 0 Å². The summed E-state index contributed by atoms with van der Waals surface area (Å²) in [5.74, 6) is -0.631. The number of aliphatic hydroxyl groups is 1. The minimum Gasteiger partial charge on any atom is -0.467 e. The van der Waals surface area contributed by atoms with E-state index in [0.717, 1.165) is 0 Å². The van der Waals surface area contributed by atoms with E-state index in [1.54, 1.807) is 13.0 Å². The number of hydrogen-bond acceptors (Lipinski definition) is 3. The molecule has 0 bridgehead atoms. The van der Waals surface area contributed by atoms with Crippen LogP contribution in [-0.4, -0.2) is 24.3 Å². The van der Waals surface area contributed by atoms with E-state index in [0.29, 0.717) is 0 Å². The maximum atomic E-state index is 10.4. The second kappa shape index (κ2) is 4.09. The highest BCUT2D eigenvalue weighted by molar-refractivity contribution is 5.76. The number of ether oxygens (including phenoxy) is 1. The SMILES string of the molecule is C/C=C/C(O)C(=O)OC. The first-order valence-corrected chi connectivity index (χ1v) is 2.61. The molecule has 0 amide bonds. The van der Waals surface area contributed by atoms with Crippen molar-refractivity contribution >= 4 is 5.97 Å². The largest absolute Gasteiger partial charge is 0.467 e. The Hall–Kier alpha value is -0.830. The second-order valence-corrected chi connectivity index (χ2v) is 1.49. The van der Waals surface area contributed by atoms with Gasteiger partial charge in [-0.15, -0.1) is 0 Å². The van der Waals surface area contributed by atoms with Crippen molar-refractivity contribution in [3.63, 3.8) is 0 Å². The number of allylic oxidation sites excluding steroid dienone is 1. The second-order valence-electron chi connectivity index (χ2n) is 1.49. The van der Waals surface area contributed by atoms with Crippen molar-refractivity contribution in [2.24, 2.45) is 0 Å². The number of rotatable bonds is 2. The van der Waals surface area contributed by atoms with Gasteiger partial charge >= 0.3 is 5.97 Å². The summed E-state index contributed by atoms with van der Waals surface area (Å²) < 4.78 is 4.22. The van der Waals surface area contributed by atoms with E-state index >= 15 is 0 Å². The molecule has 0 rings (SSSR count). The van der Waals surface area contributed by atoms with Crippen LogP contribution >= 0.6 is 0 Å². The third-order valence-corrected chi connectivity index (χ3v) is 0.817. The summed E-state index contributed by atoms with van der Waals surface area (Å²) in [4.78, 5) is 10.4. The zero-order valence-electron chi connectivity index (χ0n) is 5.50. The van der Waals surface area contributed by atoms with Crippen molar-refractivity contribution in [1.29, 1.82) is 0 Å². The van der Waals surface area contributed by atoms with Crippen LogP contribution in [0.2, 0.25) is 0 Å². The molecule has 0 saturated carbocycles. The molecule has 52 valence electrons. The Labute approximate surface area is 53.9 Å². The lowest BCUT2D eigenvalue weighted by Gasteiger charge is -1.99. The van der Waals surface area contributed by atoms with E-state index in [1.807, 2.05) is 0 Å². The molecule has 0 radical (unpaired) electrons. The average molecular weight is 130 g/mol. The molecule has 1 atom stereocenters. The molecule has 0 fully saturated rings. The normalized spacial score (nSPS) is 13.7. The third-order valence-electron chi connectivity index (χ3n) is 0.817. The molecule has 0 heterocycles. The van der Waals surface area contributed by atoms with Crippen LogP contribution in [0.15, 0.2) is 12.2 Å². The molecule has 0 aliphatic rings.